The largest absolute Gasteiger partial charge is 0.317 e. The highest BCUT2D eigenvalue weighted by molar-refractivity contribution is 7.09. The Labute approximate surface area is 114 Å². The van der Waals surface area contributed by atoms with Crippen molar-refractivity contribution in [2.24, 2.45) is 5.92 Å². The predicted octanol–water partition coefficient (Wildman–Crippen LogP) is 2.67. The van der Waals surface area contributed by atoms with Crippen LogP contribution in [-0.2, 0) is 0 Å². The fourth-order valence-corrected chi connectivity index (χ4v) is 3.68. The van der Waals surface area contributed by atoms with Crippen molar-refractivity contribution >= 4 is 11.3 Å². The summed E-state index contributed by atoms with van der Waals surface area (Å²) in [6.45, 7) is 6.05. The van der Waals surface area contributed by atoms with Crippen LogP contribution in [0.4, 0.5) is 0 Å². The number of aromatic nitrogens is 1. The van der Waals surface area contributed by atoms with Crippen LogP contribution in [0.2, 0.25) is 0 Å². The lowest BCUT2D eigenvalue weighted by Crippen LogP contribution is -2.38. The lowest BCUT2D eigenvalue weighted by atomic mass is 9.96. The fourth-order valence-electron chi connectivity index (χ4n) is 2.99. The Bertz CT molecular complexity index is 355. The molecule has 2 fully saturated rings. The predicted molar refractivity (Wildman–Crippen MR) is 75.9 cm³/mol. The van der Waals surface area contributed by atoms with E-state index in [0.29, 0.717) is 6.04 Å². The third-order valence-corrected chi connectivity index (χ3v) is 5.25. The standard InChI is InChI=1S/C14H23N3S/c1-11(14-8-16-10-18-14)17(13-2-3-13)9-12-4-6-15-7-5-12/h8,10-13,15H,2-7,9H2,1H3. The molecular formula is C14H23N3S. The summed E-state index contributed by atoms with van der Waals surface area (Å²) in [4.78, 5) is 8.40. The van der Waals surface area contributed by atoms with E-state index in [0.717, 1.165) is 12.0 Å². The molecule has 0 aromatic carbocycles. The minimum atomic E-state index is 0.555. The van der Waals surface area contributed by atoms with E-state index in [-0.39, 0.29) is 0 Å². The molecule has 0 radical (unpaired) electrons. The van der Waals surface area contributed by atoms with Crippen LogP contribution in [-0.4, -0.2) is 35.6 Å². The van der Waals surface area contributed by atoms with E-state index in [4.69, 9.17) is 0 Å². The maximum absolute atomic E-state index is 4.23. The second-order valence-corrected chi connectivity index (χ2v) is 6.62. The van der Waals surface area contributed by atoms with Crippen LogP contribution in [0.1, 0.15) is 43.5 Å². The van der Waals surface area contributed by atoms with E-state index in [2.05, 4.69) is 22.1 Å². The molecule has 0 amide bonds. The Morgan fingerprint density at radius 3 is 2.78 bits per heavy atom. The third-order valence-electron chi connectivity index (χ3n) is 4.30. The summed E-state index contributed by atoms with van der Waals surface area (Å²) in [5.41, 5.74) is 1.96. The van der Waals surface area contributed by atoms with Crippen LogP contribution in [0.25, 0.3) is 0 Å². The van der Waals surface area contributed by atoms with E-state index < -0.39 is 0 Å². The number of nitrogens with one attached hydrogen (secondary N) is 1. The van der Waals surface area contributed by atoms with Gasteiger partial charge in [0.05, 0.1) is 5.51 Å². The second-order valence-electron chi connectivity index (χ2n) is 5.70. The van der Waals surface area contributed by atoms with Gasteiger partial charge in [-0.05, 0) is 51.6 Å². The molecule has 1 saturated carbocycles. The fraction of sp³-hybridized carbons (Fsp3) is 0.786. The van der Waals surface area contributed by atoms with Crippen molar-refractivity contribution in [1.29, 1.82) is 0 Å². The highest BCUT2D eigenvalue weighted by Gasteiger charge is 2.34. The molecule has 18 heavy (non-hydrogen) atoms. The van der Waals surface area contributed by atoms with Crippen molar-refractivity contribution in [3.8, 4) is 0 Å². The quantitative estimate of drug-likeness (QED) is 0.887. The molecule has 1 aliphatic heterocycles. The van der Waals surface area contributed by atoms with Gasteiger partial charge in [-0.15, -0.1) is 11.3 Å². The summed E-state index contributed by atoms with van der Waals surface area (Å²) in [5, 5.41) is 3.46. The molecule has 100 valence electrons. The number of hydrogen-bond acceptors (Lipinski definition) is 4. The number of piperidine rings is 1. The lowest BCUT2D eigenvalue weighted by Gasteiger charge is -2.33. The Morgan fingerprint density at radius 1 is 1.39 bits per heavy atom. The highest BCUT2D eigenvalue weighted by Crippen LogP contribution is 2.36. The average Bonchev–Trinajstić information content (AvgIpc) is 3.10. The molecule has 0 bridgehead atoms. The van der Waals surface area contributed by atoms with Gasteiger partial charge in [0.1, 0.15) is 0 Å². The lowest BCUT2D eigenvalue weighted by molar-refractivity contribution is 0.154. The van der Waals surface area contributed by atoms with Gasteiger partial charge in [-0.25, -0.2) is 0 Å². The van der Waals surface area contributed by atoms with Gasteiger partial charge < -0.3 is 5.32 Å². The summed E-state index contributed by atoms with van der Waals surface area (Å²) in [6, 6.07) is 1.40. The van der Waals surface area contributed by atoms with E-state index in [1.165, 1.54) is 50.2 Å². The topological polar surface area (TPSA) is 28.2 Å². The average molecular weight is 265 g/mol. The first-order valence-electron chi connectivity index (χ1n) is 7.19. The van der Waals surface area contributed by atoms with Crippen LogP contribution in [0.15, 0.2) is 11.7 Å². The zero-order chi connectivity index (χ0) is 12.4. The van der Waals surface area contributed by atoms with E-state index in [1.807, 2.05) is 11.7 Å². The molecule has 1 aliphatic carbocycles. The van der Waals surface area contributed by atoms with Crippen molar-refractivity contribution in [1.82, 2.24) is 15.2 Å². The highest BCUT2D eigenvalue weighted by atomic mass is 32.1. The van der Waals surface area contributed by atoms with Gasteiger partial charge >= 0.3 is 0 Å². The van der Waals surface area contributed by atoms with E-state index >= 15 is 0 Å². The summed E-state index contributed by atoms with van der Waals surface area (Å²) < 4.78 is 0. The van der Waals surface area contributed by atoms with Crippen LogP contribution >= 0.6 is 11.3 Å². The van der Waals surface area contributed by atoms with E-state index in [9.17, 15) is 0 Å². The molecule has 1 N–H and O–H groups in total. The van der Waals surface area contributed by atoms with Crippen LogP contribution < -0.4 is 5.32 Å². The molecule has 1 aromatic heterocycles. The first-order chi connectivity index (χ1) is 8.84. The zero-order valence-electron chi connectivity index (χ0n) is 11.1. The molecule has 3 rings (SSSR count). The normalized spacial score (nSPS) is 23.4. The van der Waals surface area contributed by atoms with Gasteiger partial charge in [0.2, 0.25) is 0 Å². The number of rotatable bonds is 5. The van der Waals surface area contributed by atoms with Gasteiger partial charge in [-0.2, -0.15) is 0 Å². The maximum Gasteiger partial charge on any atom is 0.0794 e. The summed E-state index contributed by atoms with van der Waals surface area (Å²) in [5.74, 6) is 0.891. The second kappa shape index (κ2) is 5.68. The molecule has 4 heteroatoms. The molecule has 1 unspecified atom stereocenters. The first kappa shape index (κ1) is 12.6. The first-order valence-corrected chi connectivity index (χ1v) is 8.07. The van der Waals surface area contributed by atoms with E-state index in [1.54, 1.807) is 11.3 Å². The summed E-state index contributed by atoms with van der Waals surface area (Å²) >= 11 is 1.80. The molecule has 1 saturated heterocycles. The van der Waals surface area contributed by atoms with Crippen molar-refractivity contribution in [2.75, 3.05) is 19.6 Å². The van der Waals surface area contributed by atoms with Crippen molar-refractivity contribution < 1.29 is 0 Å². The molecule has 0 spiro atoms. The number of nitrogens with zero attached hydrogens (tertiary/aromatic N) is 2. The molecule has 2 aliphatic rings. The van der Waals surface area contributed by atoms with Gasteiger partial charge in [0.15, 0.2) is 0 Å². The maximum atomic E-state index is 4.23. The molecule has 1 atom stereocenters. The Morgan fingerprint density at radius 2 is 2.17 bits per heavy atom. The SMILES string of the molecule is CC(c1cncs1)N(CC1CCNCC1)C1CC1. The number of hydrogen-bond donors (Lipinski definition) is 1. The molecule has 1 aromatic rings. The third kappa shape index (κ3) is 2.92. The Kier molecular flexibility index (Phi) is 3.97. The minimum absolute atomic E-state index is 0.555. The Hall–Kier alpha value is -0.450. The van der Waals surface area contributed by atoms with Gasteiger partial charge in [0, 0.05) is 29.7 Å². The van der Waals surface area contributed by atoms with Gasteiger partial charge in [0.25, 0.3) is 0 Å². The number of thiazole rings is 1. The monoisotopic (exact) mass is 265 g/mol. The minimum Gasteiger partial charge on any atom is -0.317 e. The molecular weight excluding hydrogens is 242 g/mol. The zero-order valence-corrected chi connectivity index (χ0v) is 12.0. The van der Waals surface area contributed by atoms with Crippen LogP contribution in [0.5, 0.6) is 0 Å². The van der Waals surface area contributed by atoms with Crippen LogP contribution in [0, 0.1) is 5.92 Å². The summed E-state index contributed by atoms with van der Waals surface area (Å²) in [6.07, 6.45) is 7.53. The Balaban J connectivity index is 1.64. The molecule has 3 nitrogen and oxygen atoms in total. The van der Waals surface area contributed by atoms with Crippen molar-refractivity contribution in [3.05, 3.63) is 16.6 Å². The smallest absolute Gasteiger partial charge is 0.0794 e. The molecule has 2 heterocycles. The summed E-state index contributed by atoms with van der Waals surface area (Å²) in [7, 11) is 0. The van der Waals surface area contributed by atoms with Crippen LogP contribution in [0.3, 0.4) is 0 Å². The van der Waals surface area contributed by atoms with Gasteiger partial charge in [-0.3, -0.25) is 9.88 Å². The van der Waals surface area contributed by atoms with Gasteiger partial charge in [-0.1, -0.05) is 0 Å². The van der Waals surface area contributed by atoms with Crippen molar-refractivity contribution in [3.63, 3.8) is 0 Å². The van der Waals surface area contributed by atoms with Crippen molar-refractivity contribution in [2.45, 2.75) is 44.7 Å².